The van der Waals surface area contributed by atoms with Crippen LogP contribution in [0.1, 0.15) is 0 Å². The van der Waals surface area contributed by atoms with Crippen molar-refractivity contribution in [2.75, 3.05) is 31.1 Å². The highest BCUT2D eigenvalue weighted by Gasteiger charge is 2.05. The topological polar surface area (TPSA) is 27.1 Å². The zero-order valence-electron chi connectivity index (χ0n) is 11.0. The third kappa shape index (κ3) is 3.64. The zero-order chi connectivity index (χ0) is 13.2. The average Bonchev–Trinajstić information content (AvgIpc) is 2.66. The lowest BCUT2D eigenvalue weighted by atomic mass is 10.3. The molecule has 0 bridgehead atoms. The Bertz CT molecular complexity index is 533. The van der Waals surface area contributed by atoms with Crippen LogP contribution in [-0.4, -0.2) is 40.7 Å². The normalized spacial score (nSPS) is 13.1. The van der Waals surface area contributed by atoms with E-state index >= 15 is 0 Å². The summed E-state index contributed by atoms with van der Waals surface area (Å²) >= 11 is 5.91. The highest BCUT2D eigenvalue weighted by Crippen LogP contribution is 2.33. The van der Waals surface area contributed by atoms with Crippen molar-refractivity contribution in [2.45, 2.75) is 6.73 Å². The van der Waals surface area contributed by atoms with Crippen LogP contribution in [-0.2, 0) is 11.5 Å². The number of rotatable bonds is 5. The molecule has 100 valence electrons. The average molecular weight is 287 g/mol. The molecule has 2 aromatic heterocycles. The molecule has 0 aliphatic carbocycles. The molecule has 0 aliphatic heterocycles. The largest absolute Gasteiger partial charge is 0.360 e. The summed E-state index contributed by atoms with van der Waals surface area (Å²) in [5, 5.41) is 1.60. The molecule has 0 spiro atoms. The molecule has 2 heterocycles. The maximum atomic E-state index is 5.91. The second-order valence-corrected chi connectivity index (χ2v) is 10.2. The van der Waals surface area contributed by atoms with Crippen molar-refractivity contribution in [2.24, 2.45) is 0 Å². The molecule has 0 saturated heterocycles. The zero-order valence-corrected chi connectivity index (χ0v) is 12.6. The molecule has 0 N–H and O–H groups in total. The van der Waals surface area contributed by atoms with Crippen LogP contribution in [0.4, 0.5) is 0 Å². The minimum atomic E-state index is -0.480. The number of nitrogens with zero attached hydrogens (tertiary/aromatic N) is 2. The van der Waals surface area contributed by atoms with Crippen LogP contribution in [0.25, 0.3) is 10.9 Å². The summed E-state index contributed by atoms with van der Waals surface area (Å²) in [5.41, 5.74) is 1.07. The molecule has 0 unspecified atom stereocenters. The molecule has 0 aromatic carbocycles. The Kier molecular flexibility index (Phi) is 4.20. The lowest BCUT2D eigenvalue weighted by Gasteiger charge is -2.24. The third-order valence-corrected chi connectivity index (χ3v) is 4.29. The van der Waals surface area contributed by atoms with Gasteiger partial charge in [0.15, 0.2) is 0 Å². The van der Waals surface area contributed by atoms with Gasteiger partial charge in [0.1, 0.15) is 11.9 Å². The van der Waals surface area contributed by atoms with Gasteiger partial charge in [-0.25, -0.2) is 15.0 Å². The molecule has 2 aromatic rings. The second kappa shape index (κ2) is 5.51. The number of hydrogen-bond donors (Lipinski definition) is 0. The number of halogens is 1. The van der Waals surface area contributed by atoms with E-state index in [1.165, 1.54) is 0 Å². The Labute approximate surface area is 114 Å². The molecule has 0 saturated carbocycles. The maximum Gasteiger partial charge on any atom is 0.131 e. The Balaban J connectivity index is 1.98. The first-order valence-corrected chi connectivity index (χ1v) is 9.20. The predicted molar refractivity (Wildman–Crippen MR) is 80.9 cm³/mol. The molecule has 5 heteroatoms. The smallest absolute Gasteiger partial charge is 0.131 e. The predicted octanol–water partition coefficient (Wildman–Crippen LogP) is 3.36. The molecule has 0 fully saturated rings. The molecule has 0 atom stereocenters. The molecule has 18 heavy (non-hydrogen) atoms. The van der Waals surface area contributed by atoms with E-state index in [2.05, 4.69) is 28.3 Å². The van der Waals surface area contributed by atoms with Crippen molar-refractivity contribution in [3.05, 3.63) is 29.7 Å². The molecule has 3 nitrogen and oxygen atoms in total. The van der Waals surface area contributed by atoms with Crippen LogP contribution in [0, 0.1) is 0 Å². The minimum Gasteiger partial charge on any atom is -0.360 e. The number of fused-ring (bicyclic) bond motifs is 1. The molecule has 0 aliphatic rings. The first-order valence-electron chi connectivity index (χ1n) is 5.80. The van der Waals surface area contributed by atoms with Crippen LogP contribution in [0.5, 0.6) is 0 Å². The monoisotopic (exact) mass is 286 g/mol. The van der Waals surface area contributed by atoms with E-state index in [-0.39, 0.29) is 0 Å². The van der Waals surface area contributed by atoms with Gasteiger partial charge in [-0.05, 0) is 30.9 Å². The van der Waals surface area contributed by atoms with Crippen molar-refractivity contribution in [1.82, 2.24) is 9.55 Å². The van der Waals surface area contributed by atoms with E-state index < -0.39 is 10.0 Å². The van der Waals surface area contributed by atoms with Crippen molar-refractivity contribution in [1.29, 1.82) is 0 Å². The number of hydrogen-bond acceptors (Lipinski definition) is 2. The van der Waals surface area contributed by atoms with E-state index in [1.54, 1.807) is 6.20 Å². The van der Waals surface area contributed by atoms with Gasteiger partial charge in [0.05, 0.1) is 12.1 Å². The summed E-state index contributed by atoms with van der Waals surface area (Å²) in [7, 11) is -0.480. The van der Waals surface area contributed by atoms with Crippen LogP contribution < -0.4 is 0 Å². The number of pyridine rings is 1. The summed E-state index contributed by atoms with van der Waals surface area (Å²) in [6.45, 7) is 1.37. The fraction of sp³-hybridized carbons (Fsp3) is 0.462. The van der Waals surface area contributed by atoms with Crippen LogP contribution in [0.2, 0.25) is 5.15 Å². The summed E-state index contributed by atoms with van der Waals surface area (Å²) in [6.07, 6.45) is 10.7. The van der Waals surface area contributed by atoms with Crippen molar-refractivity contribution < 1.29 is 4.74 Å². The number of aromatic nitrogens is 2. The fourth-order valence-corrected chi connectivity index (χ4v) is 2.41. The Hall–Kier alpha value is -0.710. The van der Waals surface area contributed by atoms with E-state index in [4.69, 9.17) is 16.3 Å². The van der Waals surface area contributed by atoms with Gasteiger partial charge < -0.3 is 9.30 Å². The van der Waals surface area contributed by atoms with Gasteiger partial charge in [-0.2, -0.15) is 0 Å². The van der Waals surface area contributed by atoms with Gasteiger partial charge in [-0.3, -0.25) is 0 Å². The quantitative estimate of drug-likeness (QED) is 0.622. The molecule has 0 amide bonds. The van der Waals surface area contributed by atoms with E-state index in [9.17, 15) is 0 Å². The Morgan fingerprint density at radius 3 is 2.89 bits per heavy atom. The molecule has 0 radical (unpaired) electrons. The lowest BCUT2D eigenvalue weighted by Crippen LogP contribution is -2.09. The highest BCUT2D eigenvalue weighted by molar-refractivity contribution is 8.32. The standard InChI is InChI=1S/C13H19ClN2OS/c1-18(2,3)7-6-17-10-16-5-4-11-9-15-13(14)8-12(11)16/h4-5,8-9H,6-7,10H2,1-3H3. The highest BCUT2D eigenvalue weighted by atomic mass is 35.5. The van der Waals surface area contributed by atoms with E-state index in [1.807, 2.05) is 18.3 Å². The minimum absolute atomic E-state index is 0.480. The Morgan fingerprint density at radius 1 is 1.39 bits per heavy atom. The Morgan fingerprint density at radius 2 is 2.17 bits per heavy atom. The molecular weight excluding hydrogens is 268 g/mol. The molecular formula is C13H19ClN2OS. The van der Waals surface area contributed by atoms with Gasteiger partial charge in [-0.15, -0.1) is 0 Å². The lowest BCUT2D eigenvalue weighted by molar-refractivity contribution is 0.0927. The second-order valence-electron chi connectivity index (χ2n) is 5.18. The van der Waals surface area contributed by atoms with Gasteiger partial charge in [0, 0.05) is 23.5 Å². The van der Waals surface area contributed by atoms with Crippen LogP contribution in [0.3, 0.4) is 0 Å². The summed E-state index contributed by atoms with van der Waals surface area (Å²) in [6, 6.07) is 3.90. The summed E-state index contributed by atoms with van der Waals surface area (Å²) in [4.78, 5) is 4.06. The van der Waals surface area contributed by atoms with E-state index in [0.29, 0.717) is 11.9 Å². The van der Waals surface area contributed by atoms with Gasteiger partial charge in [-0.1, -0.05) is 11.6 Å². The molecule has 2 rings (SSSR count). The maximum absolute atomic E-state index is 5.91. The van der Waals surface area contributed by atoms with Gasteiger partial charge in [0.2, 0.25) is 0 Å². The summed E-state index contributed by atoms with van der Waals surface area (Å²) in [5.74, 6) is 1.13. The van der Waals surface area contributed by atoms with Gasteiger partial charge >= 0.3 is 0 Å². The fourth-order valence-electron chi connectivity index (χ4n) is 1.64. The van der Waals surface area contributed by atoms with Crippen molar-refractivity contribution in [3.8, 4) is 0 Å². The third-order valence-electron chi connectivity index (χ3n) is 2.69. The first kappa shape index (κ1) is 13.7. The first-order chi connectivity index (χ1) is 8.46. The SMILES string of the molecule is CS(C)(C)CCOCn1ccc2cnc(Cl)cc21. The van der Waals surface area contributed by atoms with Crippen molar-refractivity contribution >= 4 is 32.5 Å². The van der Waals surface area contributed by atoms with E-state index in [0.717, 1.165) is 23.3 Å². The van der Waals surface area contributed by atoms with Gasteiger partial charge in [0.25, 0.3) is 0 Å². The summed E-state index contributed by atoms with van der Waals surface area (Å²) < 4.78 is 7.78. The van der Waals surface area contributed by atoms with Crippen molar-refractivity contribution in [3.63, 3.8) is 0 Å². The van der Waals surface area contributed by atoms with Crippen LogP contribution in [0.15, 0.2) is 24.5 Å². The number of ether oxygens (including phenoxy) is 1. The van der Waals surface area contributed by atoms with Crippen LogP contribution >= 0.6 is 21.6 Å².